The fourth-order valence-electron chi connectivity index (χ4n) is 1.61. The molecule has 18 heavy (non-hydrogen) atoms. The van der Waals surface area contributed by atoms with Crippen LogP contribution in [0.1, 0.15) is 31.9 Å². The van der Waals surface area contributed by atoms with Crippen molar-refractivity contribution in [3.8, 4) is 6.07 Å². The highest BCUT2D eigenvalue weighted by Gasteiger charge is 2.25. The third-order valence-electron chi connectivity index (χ3n) is 2.53. The van der Waals surface area contributed by atoms with Gasteiger partial charge in [-0.15, -0.1) is 0 Å². The molecule has 1 aromatic rings. The third-order valence-corrected chi connectivity index (χ3v) is 2.53. The van der Waals surface area contributed by atoms with Gasteiger partial charge in [-0.1, -0.05) is 24.3 Å². The second-order valence-corrected chi connectivity index (χ2v) is 5.35. The lowest BCUT2D eigenvalue weighted by atomic mass is 9.97. The Morgan fingerprint density at radius 2 is 2.00 bits per heavy atom. The van der Waals surface area contributed by atoms with Crippen LogP contribution in [0.4, 0.5) is 0 Å². The van der Waals surface area contributed by atoms with E-state index in [9.17, 15) is 4.79 Å². The van der Waals surface area contributed by atoms with Gasteiger partial charge in [-0.2, -0.15) is 5.26 Å². The summed E-state index contributed by atoms with van der Waals surface area (Å²) in [5, 5.41) is 9.09. The number of esters is 1. The van der Waals surface area contributed by atoms with Gasteiger partial charge in [0.15, 0.2) is 0 Å². The van der Waals surface area contributed by atoms with Crippen molar-refractivity contribution in [3.63, 3.8) is 0 Å². The molecule has 1 aromatic carbocycles. The standard InChI is InChI=1S/C15H19NO2/c1-11-7-5-6-8-12(11)9-13(10-16)14(17)18-15(2,3)4/h5-8,13H,9H2,1-4H3. The molecule has 0 radical (unpaired) electrons. The van der Waals surface area contributed by atoms with Gasteiger partial charge in [0.2, 0.25) is 0 Å². The number of rotatable bonds is 3. The van der Waals surface area contributed by atoms with Crippen molar-refractivity contribution >= 4 is 5.97 Å². The van der Waals surface area contributed by atoms with Crippen LogP contribution in [0.3, 0.4) is 0 Å². The monoisotopic (exact) mass is 245 g/mol. The van der Waals surface area contributed by atoms with Gasteiger partial charge in [0.25, 0.3) is 0 Å². The van der Waals surface area contributed by atoms with Crippen molar-refractivity contribution in [1.82, 2.24) is 0 Å². The summed E-state index contributed by atoms with van der Waals surface area (Å²) >= 11 is 0. The minimum absolute atomic E-state index is 0.401. The largest absolute Gasteiger partial charge is 0.459 e. The maximum atomic E-state index is 11.9. The number of nitrogens with zero attached hydrogens (tertiary/aromatic N) is 1. The number of carbonyl (C=O) groups excluding carboxylic acids is 1. The van der Waals surface area contributed by atoms with Crippen LogP contribution in [0.15, 0.2) is 24.3 Å². The van der Waals surface area contributed by atoms with Crippen LogP contribution in [-0.4, -0.2) is 11.6 Å². The van der Waals surface area contributed by atoms with Crippen LogP contribution in [0.5, 0.6) is 0 Å². The predicted octanol–water partition coefficient (Wildman–Crippen LogP) is 3.02. The van der Waals surface area contributed by atoms with E-state index in [0.717, 1.165) is 11.1 Å². The molecule has 0 saturated heterocycles. The highest BCUT2D eigenvalue weighted by molar-refractivity contribution is 5.76. The predicted molar refractivity (Wildman–Crippen MR) is 69.8 cm³/mol. The molecular weight excluding hydrogens is 226 g/mol. The average molecular weight is 245 g/mol. The molecule has 96 valence electrons. The Hall–Kier alpha value is -1.82. The lowest BCUT2D eigenvalue weighted by Gasteiger charge is -2.21. The molecule has 1 atom stereocenters. The van der Waals surface area contributed by atoms with Crippen LogP contribution in [-0.2, 0) is 16.0 Å². The van der Waals surface area contributed by atoms with Gasteiger partial charge in [-0.3, -0.25) is 4.79 Å². The van der Waals surface area contributed by atoms with Gasteiger partial charge in [-0.25, -0.2) is 0 Å². The van der Waals surface area contributed by atoms with E-state index >= 15 is 0 Å². The van der Waals surface area contributed by atoms with E-state index in [1.54, 1.807) is 20.8 Å². The molecule has 0 fully saturated rings. The highest BCUT2D eigenvalue weighted by Crippen LogP contribution is 2.17. The molecule has 0 saturated carbocycles. The van der Waals surface area contributed by atoms with Gasteiger partial charge in [0.1, 0.15) is 11.5 Å². The van der Waals surface area contributed by atoms with Gasteiger partial charge >= 0.3 is 5.97 Å². The number of hydrogen-bond acceptors (Lipinski definition) is 3. The number of aryl methyl sites for hydroxylation is 1. The maximum Gasteiger partial charge on any atom is 0.324 e. The van der Waals surface area contributed by atoms with E-state index in [-0.39, 0.29) is 0 Å². The first kappa shape index (κ1) is 14.2. The molecule has 1 unspecified atom stereocenters. The maximum absolute atomic E-state index is 11.9. The molecule has 3 nitrogen and oxygen atoms in total. The van der Waals surface area contributed by atoms with E-state index in [4.69, 9.17) is 10.00 Å². The van der Waals surface area contributed by atoms with Crippen molar-refractivity contribution in [1.29, 1.82) is 5.26 Å². The van der Waals surface area contributed by atoms with E-state index in [1.807, 2.05) is 37.3 Å². The number of hydrogen-bond donors (Lipinski definition) is 0. The summed E-state index contributed by atoms with van der Waals surface area (Å²) in [5.41, 5.74) is 1.54. The smallest absolute Gasteiger partial charge is 0.324 e. The molecule has 0 aliphatic heterocycles. The lowest BCUT2D eigenvalue weighted by Crippen LogP contribution is -2.29. The van der Waals surface area contributed by atoms with Crippen molar-refractivity contribution in [2.75, 3.05) is 0 Å². The van der Waals surface area contributed by atoms with Crippen LogP contribution in [0.25, 0.3) is 0 Å². The molecule has 1 rings (SSSR count). The zero-order chi connectivity index (χ0) is 13.8. The van der Waals surface area contributed by atoms with Crippen LogP contribution >= 0.6 is 0 Å². The number of carbonyl (C=O) groups is 1. The fourth-order valence-corrected chi connectivity index (χ4v) is 1.61. The highest BCUT2D eigenvalue weighted by atomic mass is 16.6. The zero-order valence-electron chi connectivity index (χ0n) is 11.4. The minimum atomic E-state index is -0.745. The van der Waals surface area contributed by atoms with E-state index in [0.29, 0.717) is 6.42 Å². The van der Waals surface area contributed by atoms with Crippen molar-refractivity contribution in [2.45, 2.75) is 39.7 Å². The molecular formula is C15H19NO2. The van der Waals surface area contributed by atoms with Crippen molar-refractivity contribution in [2.24, 2.45) is 5.92 Å². The molecule has 3 heteroatoms. The van der Waals surface area contributed by atoms with Crippen LogP contribution in [0.2, 0.25) is 0 Å². The molecule has 0 aliphatic rings. The second kappa shape index (κ2) is 5.68. The summed E-state index contributed by atoms with van der Waals surface area (Å²) in [5.74, 6) is -1.20. The summed E-state index contributed by atoms with van der Waals surface area (Å²) in [7, 11) is 0. The Bertz CT molecular complexity index is 466. The molecule has 0 bridgehead atoms. The SMILES string of the molecule is Cc1ccccc1CC(C#N)C(=O)OC(C)(C)C. The minimum Gasteiger partial charge on any atom is -0.459 e. The summed E-state index contributed by atoms with van der Waals surface area (Å²) in [6.07, 6.45) is 0.401. The molecule has 0 N–H and O–H groups in total. The molecule has 0 spiro atoms. The summed E-state index contributed by atoms with van der Waals surface area (Å²) in [6.45, 7) is 7.37. The second-order valence-electron chi connectivity index (χ2n) is 5.35. The first-order valence-corrected chi connectivity index (χ1v) is 6.00. The fraction of sp³-hybridized carbons (Fsp3) is 0.467. The molecule has 0 amide bonds. The van der Waals surface area contributed by atoms with E-state index in [1.165, 1.54) is 0 Å². The number of ether oxygens (including phenoxy) is 1. The molecule has 0 heterocycles. The Morgan fingerprint density at radius 1 is 1.39 bits per heavy atom. The third kappa shape index (κ3) is 4.21. The molecule has 0 aliphatic carbocycles. The van der Waals surface area contributed by atoms with Gasteiger partial charge in [0.05, 0.1) is 6.07 Å². The van der Waals surface area contributed by atoms with Crippen molar-refractivity contribution < 1.29 is 9.53 Å². The van der Waals surface area contributed by atoms with E-state index in [2.05, 4.69) is 0 Å². The first-order valence-electron chi connectivity index (χ1n) is 6.00. The quantitative estimate of drug-likeness (QED) is 0.769. The topological polar surface area (TPSA) is 50.1 Å². The van der Waals surface area contributed by atoms with Gasteiger partial charge in [-0.05, 0) is 45.2 Å². The molecule has 0 aromatic heterocycles. The Kier molecular flexibility index (Phi) is 4.49. The Labute approximate surface area is 108 Å². The zero-order valence-corrected chi connectivity index (χ0v) is 11.4. The van der Waals surface area contributed by atoms with Gasteiger partial charge in [0, 0.05) is 0 Å². The first-order chi connectivity index (χ1) is 8.33. The lowest BCUT2D eigenvalue weighted by molar-refractivity contribution is -0.157. The Balaban J connectivity index is 2.78. The summed E-state index contributed by atoms with van der Waals surface area (Å²) in [4.78, 5) is 11.9. The Morgan fingerprint density at radius 3 is 2.50 bits per heavy atom. The summed E-state index contributed by atoms with van der Waals surface area (Å²) in [6, 6.07) is 9.78. The summed E-state index contributed by atoms with van der Waals surface area (Å²) < 4.78 is 5.24. The van der Waals surface area contributed by atoms with Crippen molar-refractivity contribution in [3.05, 3.63) is 35.4 Å². The normalized spacial score (nSPS) is 12.6. The van der Waals surface area contributed by atoms with E-state index < -0.39 is 17.5 Å². The van der Waals surface area contributed by atoms with Crippen LogP contribution in [0, 0.1) is 24.2 Å². The van der Waals surface area contributed by atoms with Gasteiger partial charge < -0.3 is 4.74 Å². The average Bonchev–Trinajstić information content (AvgIpc) is 2.25. The van der Waals surface area contributed by atoms with Crippen LogP contribution < -0.4 is 0 Å². The number of benzene rings is 1. The number of nitriles is 1.